The maximum atomic E-state index is 12.1. The van der Waals surface area contributed by atoms with E-state index in [4.69, 9.17) is 9.15 Å². The topological polar surface area (TPSA) is 39.4 Å². The zero-order valence-corrected chi connectivity index (χ0v) is 14.2. The molecule has 3 nitrogen and oxygen atoms in total. The number of ether oxygens (including phenoxy) is 1. The van der Waals surface area contributed by atoms with Gasteiger partial charge in [0.2, 0.25) is 0 Å². The minimum atomic E-state index is -0.325. The van der Waals surface area contributed by atoms with Gasteiger partial charge in [0, 0.05) is 11.5 Å². The molecule has 25 heavy (non-hydrogen) atoms. The third-order valence-electron chi connectivity index (χ3n) is 4.57. The van der Waals surface area contributed by atoms with Gasteiger partial charge in [0.15, 0.2) is 0 Å². The maximum Gasteiger partial charge on any atom is 0.344 e. The summed E-state index contributed by atoms with van der Waals surface area (Å²) >= 11 is 0. The van der Waals surface area contributed by atoms with Crippen molar-refractivity contribution < 1.29 is 9.15 Å². The number of hydrogen-bond acceptors (Lipinski definition) is 3. The predicted molar refractivity (Wildman–Crippen MR) is 100 cm³/mol. The SMILES string of the molecule is Cc1ccc(COc2ccc3c(c2)oc(=O)c2ccccc23)cc1C. The molecule has 1 aromatic heterocycles. The second kappa shape index (κ2) is 6.10. The van der Waals surface area contributed by atoms with Gasteiger partial charge in [-0.2, -0.15) is 0 Å². The Labute approximate surface area is 145 Å². The van der Waals surface area contributed by atoms with Gasteiger partial charge in [-0.05, 0) is 54.1 Å². The van der Waals surface area contributed by atoms with Crippen molar-refractivity contribution in [2.24, 2.45) is 0 Å². The fourth-order valence-electron chi connectivity index (χ4n) is 3.01. The highest BCUT2D eigenvalue weighted by molar-refractivity contribution is 6.04. The summed E-state index contributed by atoms with van der Waals surface area (Å²) in [5.41, 5.74) is 3.85. The highest BCUT2D eigenvalue weighted by Crippen LogP contribution is 2.26. The lowest BCUT2D eigenvalue weighted by Gasteiger charge is -2.09. The van der Waals surface area contributed by atoms with Crippen molar-refractivity contribution in [2.75, 3.05) is 0 Å². The first-order valence-electron chi connectivity index (χ1n) is 8.26. The average Bonchev–Trinajstić information content (AvgIpc) is 2.63. The van der Waals surface area contributed by atoms with Gasteiger partial charge >= 0.3 is 5.63 Å². The number of aryl methyl sites for hydroxylation is 2. The van der Waals surface area contributed by atoms with E-state index >= 15 is 0 Å². The molecule has 0 bridgehead atoms. The van der Waals surface area contributed by atoms with Crippen LogP contribution in [0.2, 0.25) is 0 Å². The first kappa shape index (κ1) is 15.5. The van der Waals surface area contributed by atoms with Gasteiger partial charge in [0.25, 0.3) is 0 Å². The third kappa shape index (κ3) is 2.89. The molecule has 0 fully saturated rings. The van der Waals surface area contributed by atoms with Gasteiger partial charge in [-0.15, -0.1) is 0 Å². The van der Waals surface area contributed by atoms with Crippen LogP contribution in [0.4, 0.5) is 0 Å². The van der Waals surface area contributed by atoms with E-state index in [2.05, 4.69) is 32.0 Å². The first-order valence-corrected chi connectivity index (χ1v) is 8.26. The van der Waals surface area contributed by atoms with E-state index in [1.165, 1.54) is 11.1 Å². The number of benzene rings is 3. The third-order valence-corrected chi connectivity index (χ3v) is 4.57. The van der Waals surface area contributed by atoms with E-state index < -0.39 is 0 Å². The molecule has 0 saturated carbocycles. The van der Waals surface area contributed by atoms with Crippen LogP contribution in [0.25, 0.3) is 21.7 Å². The molecule has 0 spiro atoms. The van der Waals surface area contributed by atoms with E-state index in [0.717, 1.165) is 16.3 Å². The number of fused-ring (bicyclic) bond motifs is 3. The summed E-state index contributed by atoms with van der Waals surface area (Å²) < 4.78 is 11.4. The Morgan fingerprint density at radius 1 is 0.840 bits per heavy atom. The monoisotopic (exact) mass is 330 g/mol. The smallest absolute Gasteiger partial charge is 0.344 e. The molecular formula is C22H18O3. The summed E-state index contributed by atoms with van der Waals surface area (Å²) in [6.07, 6.45) is 0. The second-order valence-electron chi connectivity index (χ2n) is 6.30. The quantitative estimate of drug-likeness (QED) is 0.385. The summed E-state index contributed by atoms with van der Waals surface area (Å²) in [6.45, 7) is 4.66. The molecule has 0 saturated heterocycles. The van der Waals surface area contributed by atoms with Crippen LogP contribution in [0.5, 0.6) is 5.75 Å². The zero-order valence-electron chi connectivity index (χ0n) is 14.2. The van der Waals surface area contributed by atoms with Gasteiger partial charge in [0.05, 0.1) is 5.39 Å². The summed E-state index contributed by atoms with van der Waals surface area (Å²) in [5, 5.41) is 2.40. The van der Waals surface area contributed by atoms with E-state index in [1.54, 1.807) is 12.1 Å². The molecule has 0 atom stereocenters. The van der Waals surface area contributed by atoms with Crippen LogP contribution in [-0.4, -0.2) is 0 Å². The van der Waals surface area contributed by atoms with Gasteiger partial charge in [-0.25, -0.2) is 4.79 Å². The molecule has 1 heterocycles. The van der Waals surface area contributed by atoms with E-state index in [-0.39, 0.29) is 5.63 Å². The lowest BCUT2D eigenvalue weighted by atomic mass is 10.1. The van der Waals surface area contributed by atoms with Gasteiger partial charge in [-0.1, -0.05) is 36.4 Å². The van der Waals surface area contributed by atoms with Crippen LogP contribution >= 0.6 is 0 Å². The highest BCUT2D eigenvalue weighted by atomic mass is 16.5. The molecule has 0 amide bonds. The van der Waals surface area contributed by atoms with Crippen LogP contribution in [0.1, 0.15) is 16.7 Å². The fraction of sp³-hybridized carbons (Fsp3) is 0.136. The molecular weight excluding hydrogens is 312 g/mol. The van der Waals surface area contributed by atoms with Crippen LogP contribution in [0, 0.1) is 13.8 Å². The molecule has 0 aliphatic rings. The highest BCUT2D eigenvalue weighted by Gasteiger charge is 2.08. The van der Waals surface area contributed by atoms with Gasteiger partial charge < -0.3 is 9.15 Å². The average molecular weight is 330 g/mol. The molecule has 124 valence electrons. The summed E-state index contributed by atoms with van der Waals surface area (Å²) in [4.78, 5) is 12.1. The van der Waals surface area contributed by atoms with Crippen molar-refractivity contribution in [1.29, 1.82) is 0 Å². The van der Waals surface area contributed by atoms with Crippen molar-refractivity contribution in [3.05, 3.63) is 87.8 Å². The number of hydrogen-bond donors (Lipinski definition) is 0. The van der Waals surface area contributed by atoms with Crippen molar-refractivity contribution >= 4 is 21.7 Å². The summed E-state index contributed by atoms with van der Waals surface area (Å²) in [7, 11) is 0. The fourth-order valence-corrected chi connectivity index (χ4v) is 3.01. The molecule has 0 N–H and O–H groups in total. The van der Waals surface area contributed by atoms with Crippen molar-refractivity contribution in [2.45, 2.75) is 20.5 Å². The van der Waals surface area contributed by atoms with Gasteiger partial charge in [-0.3, -0.25) is 0 Å². The molecule has 4 rings (SSSR count). The first-order chi connectivity index (χ1) is 12.1. The Morgan fingerprint density at radius 3 is 2.44 bits per heavy atom. The molecule has 4 aromatic rings. The van der Waals surface area contributed by atoms with E-state index in [1.807, 2.05) is 30.3 Å². The normalized spacial score (nSPS) is 11.1. The Hall–Kier alpha value is -3.07. The van der Waals surface area contributed by atoms with Crippen molar-refractivity contribution in [3.63, 3.8) is 0 Å². The lowest BCUT2D eigenvalue weighted by Crippen LogP contribution is -2.00. The Morgan fingerprint density at radius 2 is 1.64 bits per heavy atom. The van der Waals surface area contributed by atoms with Crippen LogP contribution in [0.15, 0.2) is 69.9 Å². The predicted octanol–water partition coefficient (Wildman–Crippen LogP) is 5.14. The van der Waals surface area contributed by atoms with Crippen molar-refractivity contribution in [1.82, 2.24) is 0 Å². The maximum absolute atomic E-state index is 12.1. The van der Waals surface area contributed by atoms with Crippen LogP contribution in [0.3, 0.4) is 0 Å². The largest absolute Gasteiger partial charge is 0.489 e. The number of rotatable bonds is 3. The van der Waals surface area contributed by atoms with Crippen LogP contribution in [-0.2, 0) is 6.61 Å². The Bertz CT molecular complexity index is 1140. The second-order valence-corrected chi connectivity index (χ2v) is 6.30. The molecule has 0 unspecified atom stereocenters. The Balaban J connectivity index is 1.68. The zero-order chi connectivity index (χ0) is 17.4. The van der Waals surface area contributed by atoms with E-state index in [9.17, 15) is 4.79 Å². The van der Waals surface area contributed by atoms with E-state index in [0.29, 0.717) is 23.3 Å². The molecule has 0 aliphatic carbocycles. The summed E-state index contributed by atoms with van der Waals surface area (Å²) in [6, 6.07) is 19.4. The minimum absolute atomic E-state index is 0.325. The molecule has 0 aliphatic heterocycles. The van der Waals surface area contributed by atoms with Crippen LogP contribution < -0.4 is 10.4 Å². The lowest BCUT2D eigenvalue weighted by molar-refractivity contribution is 0.306. The van der Waals surface area contributed by atoms with Crippen molar-refractivity contribution in [3.8, 4) is 5.75 Å². The minimum Gasteiger partial charge on any atom is -0.489 e. The summed E-state index contributed by atoms with van der Waals surface area (Å²) in [5.74, 6) is 0.684. The van der Waals surface area contributed by atoms with Gasteiger partial charge in [0.1, 0.15) is 17.9 Å². The molecule has 3 heteroatoms. The molecule has 0 radical (unpaired) electrons. The Kier molecular flexibility index (Phi) is 3.77. The molecule has 3 aromatic carbocycles. The standard InChI is InChI=1S/C22H18O3/c1-14-7-8-16(11-15(14)2)13-24-17-9-10-19-18-5-3-4-6-20(18)22(23)25-21(19)12-17/h3-12H,13H2,1-2H3.